The van der Waals surface area contributed by atoms with Gasteiger partial charge in [0.1, 0.15) is 0 Å². The van der Waals surface area contributed by atoms with Gasteiger partial charge in [-0.15, -0.1) is 0 Å². The van der Waals surface area contributed by atoms with Crippen LogP contribution in [-0.4, -0.2) is 34.8 Å². The molecule has 0 aromatic rings. The number of piperazine rings is 1. The van der Waals surface area contributed by atoms with Crippen molar-refractivity contribution in [3.63, 3.8) is 0 Å². The molecular formula is C4H10N2S2. The van der Waals surface area contributed by atoms with Crippen LogP contribution in [0.2, 0.25) is 0 Å². The third kappa shape index (κ3) is 1.85. The van der Waals surface area contributed by atoms with Crippen molar-refractivity contribution in [1.82, 2.24) is 8.61 Å². The molecule has 1 aliphatic rings. The highest BCUT2D eigenvalue weighted by Gasteiger charge is 2.09. The normalized spacial score (nSPS) is 26.2. The fraction of sp³-hybridized carbons (Fsp3) is 1.00. The predicted octanol–water partition coefficient (Wildman–Crippen LogP) is 0.294. The van der Waals surface area contributed by atoms with Gasteiger partial charge in [0.05, 0.1) is 0 Å². The minimum atomic E-state index is 1.02. The van der Waals surface area contributed by atoms with E-state index in [0.29, 0.717) is 0 Å². The largest absolute Gasteiger partial charge is 0.251 e. The lowest BCUT2D eigenvalue weighted by Crippen LogP contribution is -2.37. The van der Waals surface area contributed by atoms with Crippen LogP contribution in [0.5, 0.6) is 0 Å². The average Bonchev–Trinajstić information content (AvgIpc) is 1.77. The van der Waals surface area contributed by atoms with E-state index in [0.717, 1.165) is 26.2 Å². The Kier molecular flexibility index (Phi) is 2.49. The first kappa shape index (κ1) is 6.74. The first-order chi connectivity index (χ1) is 3.79. The van der Waals surface area contributed by atoms with Crippen LogP contribution in [0.25, 0.3) is 0 Å². The van der Waals surface area contributed by atoms with E-state index in [-0.39, 0.29) is 0 Å². The Balaban J connectivity index is 2.19. The molecule has 8 heavy (non-hydrogen) atoms. The van der Waals surface area contributed by atoms with Gasteiger partial charge in [0.2, 0.25) is 0 Å². The van der Waals surface area contributed by atoms with E-state index in [1.54, 1.807) is 0 Å². The standard InChI is InChI=1S/C4H10N2S2/c7-5-1-2-6(8)4-3-5/h7-8H,1-4H2. The maximum Gasteiger partial charge on any atom is 0.0225 e. The molecule has 1 aliphatic heterocycles. The lowest BCUT2D eigenvalue weighted by Gasteiger charge is -2.26. The van der Waals surface area contributed by atoms with Gasteiger partial charge >= 0.3 is 0 Å². The summed E-state index contributed by atoms with van der Waals surface area (Å²) in [5.41, 5.74) is 0. The summed E-state index contributed by atoms with van der Waals surface area (Å²) < 4.78 is 4.01. The van der Waals surface area contributed by atoms with Crippen LogP contribution in [0.1, 0.15) is 0 Å². The molecule has 0 spiro atoms. The van der Waals surface area contributed by atoms with Crippen LogP contribution in [0, 0.1) is 0 Å². The van der Waals surface area contributed by atoms with Gasteiger partial charge in [-0.2, -0.15) is 0 Å². The molecule has 4 heteroatoms. The van der Waals surface area contributed by atoms with Crippen molar-refractivity contribution >= 4 is 25.6 Å². The fourth-order valence-electron chi connectivity index (χ4n) is 0.685. The van der Waals surface area contributed by atoms with E-state index in [1.807, 2.05) is 8.61 Å². The Bertz CT molecular complexity index is 60.4. The molecule has 0 N–H and O–H groups in total. The van der Waals surface area contributed by atoms with E-state index in [1.165, 1.54) is 0 Å². The van der Waals surface area contributed by atoms with E-state index in [9.17, 15) is 0 Å². The van der Waals surface area contributed by atoms with Crippen molar-refractivity contribution in [2.75, 3.05) is 26.2 Å². The highest BCUT2D eigenvalue weighted by molar-refractivity contribution is 7.78. The minimum Gasteiger partial charge on any atom is -0.251 e. The van der Waals surface area contributed by atoms with Crippen molar-refractivity contribution in [2.24, 2.45) is 0 Å². The van der Waals surface area contributed by atoms with Gasteiger partial charge < -0.3 is 0 Å². The molecule has 0 unspecified atom stereocenters. The molecule has 1 rings (SSSR count). The van der Waals surface area contributed by atoms with Crippen molar-refractivity contribution in [3.8, 4) is 0 Å². The summed E-state index contributed by atoms with van der Waals surface area (Å²) in [6, 6.07) is 0. The van der Waals surface area contributed by atoms with Crippen molar-refractivity contribution in [3.05, 3.63) is 0 Å². The monoisotopic (exact) mass is 150 g/mol. The van der Waals surface area contributed by atoms with Crippen molar-refractivity contribution in [2.45, 2.75) is 0 Å². The van der Waals surface area contributed by atoms with Gasteiger partial charge in [-0.3, -0.25) is 8.61 Å². The lowest BCUT2D eigenvalue weighted by molar-refractivity contribution is 0.314. The third-order valence-electron chi connectivity index (χ3n) is 1.23. The van der Waals surface area contributed by atoms with E-state index >= 15 is 0 Å². The molecule has 1 heterocycles. The SMILES string of the molecule is SN1CCN(S)CC1. The molecule has 0 saturated carbocycles. The molecule has 1 fully saturated rings. The average molecular weight is 150 g/mol. The first-order valence-corrected chi connectivity index (χ1v) is 3.46. The Labute approximate surface area is 60.9 Å². The Morgan fingerprint density at radius 1 is 0.750 bits per heavy atom. The van der Waals surface area contributed by atoms with Crippen LogP contribution in [0.4, 0.5) is 0 Å². The summed E-state index contributed by atoms with van der Waals surface area (Å²) in [7, 11) is 0. The lowest BCUT2D eigenvalue weighted by atomic mass is 10.4. The van der Waals surface area contributed by atoms with Gasteiger partial charge in [0.15, 0.2) is 0 Å². The third-order valence-corrected chi connectivity index (χ3v) is 2.03. The summed E-state index contributed by atoms with van der Waals surface area (Å²) in [4.78, 5) is 0. The number of rotatable bonds is 0. The zero-order valence-electron chi connectivity index (χ0n) is 4.62. The highest BCUT2D eigenvalue weighted by atomic mass is 32.1. The number of hydrogen-bond acceptors (Lipinski definition) is 4. The molecule has 0 amide bonds. The smallest absolute Gasteiger partial charge is 0.0225 e. The number of hydrogen-bond donors (Lipinski definition) is 2. The highest BCUT2D eigenvalue weighted by Crippen LogP contribution is 2.03. The minimum absolute atomic E-state index is 1.02. The summed E-state index contributed by atoms with van der Waals surface area (Å²) in [5, 5.41) is 0. The second-order valence-electron chi connectivity index (χ2n) is 1.91. The molecule has 0 bridgehead atoms. The molecule has 0 aromatic heterocycles. The molecule has 0 radical (unpaired) electrons. The second-order valence-corrected chi connectivity index (χ2v) is 3.04. The first-order valence-electron chi connectivity index (χ1n) is 2.66. The van der Waals surface area contributed by atoms with Crippen molar-refractivity contribution in [1.29, 1.82) is 0 Å². The quantitative estimate of drug-likeness (QED) is 0.479. The van der Waals surface area contributed by atoms with Crippen LogP contribution in [0.15, 0.2) is 0 Å². The maximum absolute atomic E-state index is 4.17. The zero-order valence-corrected chi connectivity index (χ0v) is 6.41. The molecule has 0 atom stereocenters. The Hall–Kier alpha value is 0.620. The zero-order chi connectivity index (χ0) is 5.98. The van der Waals surface area contributed by atoms with Gasteiger partial charge in [-0.1, -0.05) is 25.6 Å². The number of nitrogens with zero attached hydrogens (tertiary/aromatic N) is 2. The van der Waals surface area contributed by atoms with Crippen LogP contribution < -0.4 is 0 Å². The van der Waals surface area contributed by atoms with E-state index in [4.69, 9.17) is 0 Å². The van der Waals surface area contributed by atoms with Gasteiger partial charge in [-0.25, -0.2) is 0 Å². The Morgan fingerprint density at radius 3 is 1.25 bits per heavy atom. The summed E-state index contributed by atoms with van der Waals surface area (Å²) in [5.74, 6) is 0. The summed E-state index contributed by atoms with van der Waals surface area (Å²) in [6.45, 7) is 4.08. The van der Waals surface area contributed by atoms with Gasteiger partial charge in [-0.05, 0) is 0 Å². The second kappa shape index (κ2) is 2.96. The van der Waals surface area contributed by atoms with Gasteiger partial charge in [0, 0.05) is 26.2 Å². The molecule has 0 aromatic carbocycles. The molecule has 0 aliphatic carbocycles. The maximum atomic E-state index is 4.17. The molecule has 48 valence electrons. The summed E-state index contributed by atoms with van der Waals surface area (Å²) in [6.07, 6.45) is 0. The molecular weight excluding hydrogens is 140 g/mol. The van der Waals surface area contributed by atoms with E-state index < -0.39 is 0 Å². The van der Waals surface area contributed by atoms with Gasteiger partial charge in [0.25, 0.3) is 0 Å². The molecule has 2 nitrogen and oxygen atoms in total. The fourth-order valence-corrected chi connectivity index (χ4v) is 1.04. The van der Waals surface area contributed by atoms with E-state index in [2.05, 4.69) is 25.6 Å². The predicted molar refractivity (Wildman–Crippen MR) is 41.1 cm³/mol. The molecule has 1 saturated heterocycles. The van der Waals surface area contributed by atoms with Crippen molar-refractivity contribution < 1.29 is 0 Å². The number of thiol groups is 2. The van der Waals surface area contributed by atoms with Crippen LogP contribution >= 0.6 is 25.6 Å². The van der Waals surface area contributed by atoms with Crippen LogP contribution in [-0.2, 0) is 0 Å². The van der Waals surface area contributed by atoms with Crippen LogP contribution in [0.3, 0.4) is 0 Å². The summed E-state index contributed by atoms with van der Waals surface area (Å²) >= 11 is 8.35. The Morgan fingerprint density at radius 2 is 1.00 bits per heavy atom. The topological polar surface area (TPSA) is 6.48 Å².